The van der Waals surface area contributed by atoms with Crippen molar-refractivity contribution in [2.75, 3.05) is 19.7 Å². The van der Waals surface area contributed by atoms with Crippen molar-refractivity contribution in [2.24, 2.45) is 17.1 Å². The predicted molar refractivity (Wildman–Crippen MR) is 103 cm³/mol. The summed E-state index contributed by atoms with van der Waals surface area (Å²) < 4.78 is 5.92. The number of nitrogens with zero attached hydrogens (tertiary/aromatic N) is 1. The van der Waals surface area contributed by atoms with Crippen molar-refractivity contribution in [1.29, 1.82) is 0 Å². The number of carbonyl (C=O) groups excluding carboxylic acids is 1. The van der Waals surface area contributed by atoms with Crippen molar-refractivity contribution in [3.05, 3.63) is 0 Å². The molecule has 3 heterocycles. The maximum absolute atomic E-state index is 13.1. The number of piperidine rings is 1. The van der Waals surface area contributed by atoms with Crippen LogP contribution in [0, 0.1) is 11.3 Å². The van der Waals surface area contributed by atoms with Gasteiger partial charge in [-0.3, -0.25) is 4.79 Å². The molecule has 3 aliphatic heterocycles. The van der Waals surface area contributed by atoms with Crippen LogP contribution in [0.3, 0.4) is 0 Å². The van der Waals surface area contributed by atoms with Gasteiger partial charge in [0.2, 0.25) is 5.91 Å². The summed E-state index contributed by atoms with van der Waals surface area (Å²) in [5.74, 6) is 0.239. The summed E-state index contributed by atoms with van der Waals surface area (Å²) in [7, 11) is 0. The van der Waals surface area contributed by atoms with E-state index in [0.29, 0.717) is 12.1 Å². The second kappa shape index (κ2) is 7.51. The zero-order valence-corrected chi connectivity index (χ0v) is 17.0. The molecule has 0 aromatic carbocycles. The lowest BCUT2D eigenvalue weighted by molar-refractivity contribution is -0.225. The fourth-order valence-corrected chi connectivity index (χ4v) is 5.70. The fourth-order valence-electron chi connectivity index (χ4n) is 5.70. The Bertz CT molecular complexity index is 505. The van der Waals surface area contributed by atoms with Crippen molar-refractivity contribution in [3.8, 4) is 0 Å². The first-order valence-corrected chi connectivity index (χ1v) is 9.40. The van der Waals surface area contributed by atoms with Crippen LogP contribution in [0.25, 0.3) is 0 Å². The summed E-state index contributed by atoms with van der Waals surface area (Å²) >= 11 is 0. The molecular formula is C18H33Cl2N3O2. The van der Waals surface area contributed by atoms with E-state index >= 15 is 0 Å². The van der Waals surface area contributed by atoms with Crippen molar-refractivity contribution < 1.29 is 9.53 Å². The van der Waals surface area contributed by atoms with E-state index in [1.807, 2.05) is 0 Å². The highest BCUT2D eigenvalue weighted by Crippen LogP contribution is 2.57. The number of nitrogens with two attached hydrogens (primary N) is 1. The number of hydrogen-bond acceptors (Lipinski definition) is 4. The topological polar surface area (TPSA) is 67.6 Å². The number of amides is 1. The van der Waals surface area contributed by atoms with Crippen LogP contribution in [-0.2, 0) is 9.53 Å². The van der Waals surface area contributed by atoms with Crippen molar-refractivity contribution in [3.63, 3.8) is 0 Å². The van der Waals surface area contributed by atoms with Crippen LogP contribution in [0.5, 0.6) is 0 Å². The lowest BCUT2D eigenvalue weighted by Crippen LogP contribution is -2.82. The fraction of sp³-hybridized carbons (Fsp3) is 0.944. The van der Waals surface area contributed by atoms with Crippen LogP contribution in [-0.4, -0.2) is 54.2 Å². The second-order valence-electron chi connectivity index (χ2n) is 8.66. The average Bonchev–Trinajstić information content (AvgIpc) is 3.01. The van der Waals surface area contributed by atoms with Crippen molar-refractivity contribution in [1.82, 2.24) is 10.2 Å². The van der Waals surface area contributed by atoms with Crippen molar-refractivity contribution >= 4 is 30.7 Å². The lowest BCUT2D eigenvalue weighted by Gasteiger charge is -2.65. The summed E-state index contributed by atoms with van der Waals surface area (Å²) in [4.78, 5) is 15.7. The first kappa shape index (κ1) is 21.2. The highest BCUT2D eigenvalue weighted by atomic mass is 35.5. The molecule has 7 heteroatoms. The highest BCUT2D eigenvalue weighted by molar-refractivity contribution is 5.89. The normalized spacial score (nSPS) is 42.0. The SMILES string of the molecule is CC1(C)C2OCCCC2C1(N)C(=O)NC1CCN2CCCC2C1.Cl.Cl. The predicted octanol–water partition coefficient (Wildman–Crippen LogP) is 2.11. The Morgan fingerprint density at radius 2 is 1.92 bits per heavy atom. The van der Waals surface area contributed by atoms with Crippen LogP contribution in [0.15, 0.2) is 0 Å². The molecule has 0 bridgehead atoms. The van der Waals surface area contributed by atoms with Crippen LogP contribution in [0.1, 0.15) is 52.4 Å². The number of ether oxygens (including phenoxy) is 1. The van der Waals surface area contributed by atoms with Gasteiger partial charge in [-0.2, -0.15) is 0 Å². The van der Waals surface area contributed by atoms with E-state index in [9.17, 15) is 4.79 Å². The molecule has 0 radical (unpaired) electrons. The lowest BCUT2D eigenvalue weighted by atomic mass is 9.46. The monoisotopic (exact) mass is 393 g/mol. The molecule has 1 aliphatic carbocycles. The molecule has 3 saturated heterocycles. The molecular weight excluding hydrogens is 361 g/mol. The van der Waals surface area contributed by atoms with Crippen LogP contribution < -0.4 is 11.1 Å². The number of rotatable bonds is 2. The van der Waals surface area contributed by atoms with Gasteiger partial charge in [-0.05, 0) is 45.1 Å². The number of hydrogen-bond donors (Lipinski definition) is 2. The van der Waals surface area contributed by atoms with Gasteiger partial charge >= 0.3 is 0 Å². The van der Waals surface area contributed by atoms with Crippen molar-refractivity contribution in [2.45, 2.75) is 76.1 Å². The molecule has 0 aromatic heterocycles. The van der Waals surface area contributed by atoms with Gasteiger partial charge in [-0.15, -0.1) is 24.8 Å². The Morgan fingerprint density at radius 3 is 2.68 bits per heavy atom. The van der Waals surface area contributed by atoms with Gasteiger partial charge in [0.15, 0.2) is 0 Å². The van der Waals surface area contributed by atoms with E-state index in [1.165, 1.54) is 19.4 Å². The Balaban J connectivity index is 0.00000113. The van der Waals surface area contributed by atoms with E-state index in [0.717, 1.165) is 38.8 Å². The number of carbonyl (C=O) groups is 1. The van der Waals surface area contributed by atoms with Gasteiger partial charge in [0.05, 0.1) is 6.10 Å². The third-order valence-electron chi connectivity index (χ3n) is 7.22. The smallest absolute Gasteiger partial charge is 0.241 e. The number of nitrogens with one attached hydrogen (secondary N) is 1. The minimum absolute atomic E-state index is 0. The molecule has 4 rings (SSSR count). The zero-order valence-electron chi connectivity index (χ0n) is 15.3. The van der Waals surface area contributed by atoms with Crippen LogP contribution >= 0.6 is 24.8 Å². The Morgan fingerprint density at radius 1 is 1.16 bits per heavy atom. The first-order valence-electron chi connectivity index (χ1n) is 9.40. The number of fused-ring (bicyclic) bond motifs is 2. The summed E-state index contributed by atoms with van der Waals surface area (Å²) in [5.41, 5.74) is 5.65. The molecule has 5 nitrogen and oxygen atoms in total. The standard InChI is InChI=1S/C18H31N3O2.2ClH/c1-17(2)15-14(6-4-10-23-15)18(17,19)16(22)20-12-7-9-21-8-3-5-13(21)11-12;;/h12-15H,3-11,19H2,1-2H3,(H,20,22);2*1H. The van der Waals surface area contributed by atoms with Gasteiger partial charge in [0, 0.05) is 36.6 Å². The summed E-state index contributed by atoms with van der Waals surface area (Å²) in [5, 5.41) is 3.32. The number of halogens is 2. The minimum atomic E-state index is -0.773. The van der Waals surface area contributed by atoms with Gasteiger partial charge in [-0.25, -0.2) is 0 Å². The van der Waals surface area contributed by atoms with E-state index < -0.39 is 5.54 Å². The molecule has 3 N–H and O–H groups in total. The molecule has 4 fully saturated rings. The Labute approximate surface area is 163 Å². The molecule has 5 unspecified atom stereocenters. The summed E-state index contributed by atoms with van der Waals surface area (Å²) in [6.45, 7) is 7.35. The molecule has 146 valence electrons. The highest BCUT2D eigenvalue weighted by Gasteiger charge is 2.70. The van der Waals surface area contributed by atoms with Crippen LogP contribution in [0.2, 0.25) is 0 Å². The van der Waals surface area contributed by atoms with Gasteiger partial charge in [-0.1, -0.05) is 13.8 Å². The minimum Gasteiger partial charge on any atom is -0.377 e. The third kappa shape index (κ3) is 3.10. The van der Waals surface area contributed by atoms with Gasteiger partial charge in [0.1, 0.15) is 5.54 Å². The zero-order chi connectivity index (χ0) is 16.2. The quantitative estimate of drug-likeness (QED) is 0.753. The first-order chi connectivity index (χ1) is 10.9. The maximum Gasteiger partial charge on any atom is 0.241 e. The van der Waals surface area contributed by atoms with E-state index in [-0.39, 0.29) is 48.2 Å². The maximum atomic E-state index is 13.1. The molecule has 0 spiro atoms. The Kier molecular flexibility index (Phi) is 6.38. The molecule has 4 aliphatic rings. The van der Waals surface area contributed by atoms with Crippen LogP contribution in [0.4, 0.5) is 0 Å². The summed E-state index contributed by atoms with van der Waals surface area (Å²) in [6, 6.07) is 0.963. The largest absolute Gasteiger partial charge is 0.377 e. The average molecular weight is 394 g/mol. The summed E-state index contributed by atoms with van der Waals surface area (Å²) in [6.07, 6.45) is 6.91. The van der Waals surface area contributed by atoms with E-state index in [1.54, 1.807) is 0 Å². The van der Waals surface area contributed by atoms with E-state index in [4.69, 9.17) is 10.5 Å². The molecule has 1 amide bonds. The van der Waals surface area contributed by atoms with E-state index in [2.05, 4.69) is 24.1 Å². The Hall–Kier alpha value is -0.0700. The molecule has 25 heavy (non-hydrogen) atoms. The molecule has 1 saturated carbocycles. The molecule has 5 atom stereocenters. The van der Waals surface area contributed by atoms with Gasteiger partial charge in [0.25, 0.3) is 0 Å². The van der Waals surface area contributed by atoms with Gasteiger partial charge < -0.3 is 20.7 Å². The third-order valence-corrected chi connectivity index (χ3v) is 7.22. The second-order valence-corrected chi connectivity index (χ2v) is 8.66. The molecule has 0 aromatic rings.